The highest BCUT2D eigenvalue weighted by atomic mass is 79.9. The monoisotopic (exact) mass is 726 g/mol. The topological polar surface area (TPSA) is 65.8 Å². The molecule has 0 atom stereocenters. The lowest BCUT2D eigenvalue weighted by Crippen LogP contribution is -3.00. The third-order valence-electron chi connectivity index (χ3n) is 8.27. The summed E-state index contributed by atoms with van der Waals surface area (Å²) in [5.41, 5.74) is 8.01. The molecule has 8 nitrogen and oxygen atoms in total. The van der Waals surface area contributed by atoms with Crippen molar-refractivity contribution >= 4 is 22.7 Å². The first kappa shape index (κ1) is 38.4. The van der Waals surface area contributed by atoms with Gasteiger partial charge in [-0.1, -0.05) is 70.4 Å². The van der Waals surface area contributed by atoms with E-state index >= 15 is 0 Å². The molecule has 0 saturated carbocycles. The molecule has 4 aromatic rings. The SMILES string of the molecule is COc1cc2c(=O)n(CCCN(C)CC[N+](C)(C)Cc3cc(C)cc(C)c3)c(SCc3cc(C)cc(C)c3)nc2c(OC)c1OC.[Br-]. The maximum atomic E-state index is 14.1. The number of thioether (sulfide) groups is 1. The average molecular weight is 728 g/mol. The van der Waals surface area contributed by atoms with E-state index in [0.29, 0.717) is 45.6 Å². The van der Waals surface area contributed by atoms with Crippen LogP contribution in [0.5, 0.6) is 17.2 Å². The van der Waals surface area contributed by atoms with Gasteiger partial charge in [0.05, 0.1) is 47.4 Å². The van der Waals surface area contributed by atoms with Crippen LogP contribution >= 0.6 is 11.8 Å². The van der Waals surface area contributed by atoms with Crippen LogP contribution in [0.3, 0.4) is 0 Å². The quantitative estimate of drug-likeness (QED) is 0.106. The molecule has 0 aliphatic carbocycles. The summed E-state index contributed by atoms with van der Waals surface area (Å²) in [6.45, 7) is 12.9. The van der Waals surface area contributed by atoms with Crippen LogP contribution in [-0.2, 0) is 18.8 Å². The number of rotatable bonds is 15. The molecule has 4 rings (SSSR count). The highest BCUT2D eigenvalue weighted by molar-refractivity contribution is 7.98. The molecule has 1 aromatic heterocycles. The van der Waals surface area contributed by atoms with Crippen molar-refractivity contribution in [2.75, 3.05) is 62.1 Å². The fourth-order valence-corrected chi connectivity index (χ4v) is 7.14. The molecule has 0 aliphatic heterocycles. The minimum Gasteiger partial charge on any atom is -1.00 e. The summed E-state index contributed by atoms with van der Waals surface area (Å²) in [5, 5.41) is 1.11. The normalized spacial score (nSPS) is 11.6. The van der Waals surface area contributed by atoms with Gasteiger partial charge in [0.2, 0.25) is 5.75 Å². The number of fused-ring (bicyclic) bond motifs is 1. The number of hydrogen-bond donors (Lipinski definition) is 0. The van der Waals surface area contributed by atoms with Crippen LogP contribution in [0, 0.1) is 27.7 Å². The van der Waals surface area contributed by atoms with E-state index in [-0.39, 0.29) is 22.5 Å². The molecule has 0 saturated heterocycles. The zero-order chi connectivity index (χ0) is 33.6. The first-order valence-electron chi connectivity index (χ1n) is 15.8. The Morgan fingerprint density at radius 3 is 1.94 bits per heavy atom. The largest absolute Gasteiger partial charge is 1.00 e. The summed E-state index contributed by atoms with van der Waals surface area (Å²) in [5.74, 6) is 1.96. The van der Waals surface area contributed by atoms with Crippen LogP contribution in [0.15, 0.2) is 52.4 Å². The van der Waals surface area contributed by atoms with Crippen molar-refractivity contribution in [3.63, 3.8) is 0 Å². The van der Waals surface area contributed by atoms with Gasteiger partial charge in [-0.15, -0.1) is 0 Å². The van der Waals surface area contributed by atoms with Crippen molar-refractivity contribution in [2.45, 2.75) is 58.1 Å². The number of aromatic nitrogens is 2. The molecule has 0 unspecified atom stereocenters. The second-order valence-corrected chi connectivity index (χ2v) is 14.1. The summed E-state index contributed by atoms with van der Waals surface area (Å²) >= 11 is 1.57. The Morgan fingerprint density at radius 1 is 0.809 bits per heavy atom. The van der Waals surface area contributed by atoms with Crippen molar-refractivity contribution < 1.29 is 35.7 Å². The summed E-state index contributed by atoms with van der Waals surface area (Å²) < 4.78 is 19.6. The van der Waals surface area contributed by atoms with E-state index in [4.69, 9.17) is 19.2 Å². The predicted molar refractivity (Wildman–Crippen MR) is 190 cm³/mol. The first-order valence-corrected chi connectivity index (χ1v) is 16.8. The number of aryl methyl sites for hydroxylation is 4. The molecule has 10 heteroatoms. The number of halogens is 1. The maximum Gasteiger partial charge on any atom is 0.262 e. The molecular weight excluding hydrogens is 676 g/mol. The number of methoxy groups -OCH3 is 3. The molecule has 0 amide bonds. The van der Waals surface area contributed by atoms with Crippen molar-refractivity contribution in [1.29, 1.82) is 0 Å². The number of ether oxygens (including phenoxy) is 3. The Bertz CT molecular complexity index is 1700. The molecular formula is C37H51BrN4O4S. The van der Waals surface area contributed by atoms with Crippen LogP contribution in [0.4, 0.5) is 0 Å². The van der Waals surface area contributed by atoms with Gasteiger partial charge in [0.1, 0.15) is 12.1 Å². The van der Waals surface area contributed by atoms with Gasteiger partial charge in [0, 0.05) is 24.4 Å². The van der Waals surface area contributed by atoms with Gasteiger partial charge in [-0.2, -0.15) is 0 Å². The van der Waals surface area contributed by atoms with E-state index in [0.717, 1.165) is 37.1 Å². The highest BCUT2D eigenvalue weighted by Gasteiger charge is 2.23. The van der Waals surface area contributed by atoms with Gasteiger partial charge >= 0.3 is 0 Å². The van der Waals surface area contributed by atoms with E-state index in [1.54, 1.807) is 39.2 Å². The van der Waals surface area contributed by atoms with E-state index < -0.39 is 0 Å². The molecule has 0 N–H and O–H groups in total. The Labute approximate surface area is 295 Å². The van der Waals surface area contributed by atoms with Crippen LogP contribution in [0.25, 0.3) is 10.9 Å². The zero-order valence-electron chi connectivity index (χ0n) is 29.7. The van der Waals surface area contributed by atoms with Crippen molar-refractivity contribution in [2.24, 2.45) is 0 Å². The number of quaternary nitrogens is 1. The number of benzene rings is 3. The standard InChI is InChI=1S/C37H51N4O4S.BrH/c1-25-16-26(2)19-29(18-25)23-41(6,7)15-14-39(5)12-11-13-40-36(42)31-22-32(43-8)34(44-9)35(45-10)33(31)38-37(40)46-24-30-20-27(3)17-28(4)21-30;/h16-22H,11-15,23-24H2,1-10H3;1H/q+1;/p-1. The minimum absolute atomic E-state index is 0. The van der Waals surface area contributed by atoms with Gasteiger partial charge in [-0.25, -0.2) is 4.98 Å². The van der Waals surface area contributed by atoms with Gasteiger partial charge in [-0.3, -0.25) is 9.36 Å². The smallest absolute Gasteiger partial charge is 0.262 e. The summed E-state index contributed by atoms with van der Waals surface area (Å²) in [6.07, 6.45) is 0.815. The fraction of sp³-hybridized carbons (Fsp3) is 0.459. The number of nitrogens with zero attached hydrogens (tertiary/aromatic N) is 4. The molecule has 0 radical (unpaired) electrons. The summed E-state index contributed by atoms with van der Waals surface area (Å²) in [7, 11) is 11.4. The van der Waals surface area contributed by atoms with Gasteiger partial charge < -0.3 is 40.6 Å². The molecule has 1 heterocycles. The minimum atomic E-state index is -0.110. The van der Waals surface area contributed by atoms with Gasteiger partial charge in [0.25, 0.3) is 5.56 Å². The van der Waals surface area contributed by atoms with E-state index in [9.17, 15) is 4.79 Å². The second kappa shape index (κ2) is 16.9. The maximum absolute atomic E-state index is 14.1. The third kappa shape index (κ3) is 9.98. The van der Waals surface area contributed by atoms with E-state index in [1.165, 1.54) is 33.4 Å². The Balaban J connectivity index is 0.00000600. The predicted octanol–water partition coefficient (Wildman–Crippen LogP) is 3.55. The van der Waals surface area contributed by atoms with Crippen LogP contribution in [-0.4, -0.2) is 81.0 Å². The van der Waals surface area contributed by atoms with Gasteiger partial charge in [0.15, 0.2) is 16.7 Å². The van der Waals surface area contributed by atoms with Crippen molar-refractivity contribution in [3.8, 4) is 17.2 Å². The lowest BCUT2D eigenvalue weighted by atomic mass is 10.1. The summed E-state index contributed by atoms with van der Waals surface area (Å²) in [6, 6.07) is 15.1. The highest BCUT2D eigenvalue weighted by Crippen LogP contribution is 2.42. The van der Waals surface area contributed by atoms with Crippen LogP contribution in [0.2, 0.25) is 0 Å². The van der Waals surface area contributed by atoms with Gasteiger partial charge in [-0.05, 0) is 59.3 Å². The van der Waals surface area contributed by atoms with E-state index in [1.807, 2.05) is 4.57 Å². The Morgan fingerprint density at radius 2 is 1.38 bits per heavy atom. The molecule has 0 spiro atoms. The van der Waals surface area contributed by atoms with Crippen LogP contribution in [0.1, 0.15) is 39.8 Å². The number of hydrogen-bond acceptors (Lipinski definition) is 7. The van der Waals surface area contributed by atoms with Crippen molar-refractivity contribution in [1.82, 2.24) is 14.5 Å². The number of likely N-dealkylation sites (N-methyl/N-ethyl adjacent to an activating group) is 2. The molecule has 0 bridgehead atoms. The second-order valence-electron chi connectivity index (χ2n) is 13.1. The average Bonchev–Trinajstić information content (AvgIpc) is 2.98. The molecule has 47 heavy (non-hydrogen) atoms. The van der Waals surface area contributed by atoms with Crippen LogP contribution < -0.4 is 36.8 Å². The molecule has 0 fully saturated rings. The Kier molecular flexibility index (Phi) is 13.8. The first-order chi connectivity index (χ1) is 21.8. The van der Waals surface area contributed by atoms with E-state index in [2.05, 4.69) is 90.1 Å². The van der Waals surface area contributed by atoms with Crippen molar-refractivity contribution in [3.05, 3.63) is 86.2 Å². The lowest BCUT2D eigenvalue weighted by Gasteiger charge is -2.32. The molecule has 3 aromatic carbocycles. The molecule has 256 valence electrons. The lowest BCUT2D eigenvalue weighted by molar-refractivity contribution is -0.903. The zero-order valence-corrected chi connectivity index (χ0v) is 32.1. The fourth-order valence-electron chi connectivity index (χ4n) is 6.20. The summed E-state index contributed by atoms with van der Waals surface area (Å²) in [4.78, 5) is 21.5. The Hall–Kier alpha value is -3.05. The molecule has 0 aliphatic rings. The third-order valence-corrected chi connectivity index (χ3v) is 9.32.